The number of hydrogen-bond donors (Lipinski definition) is 0. The minimum atomic E-state index is -0.164. The number of likely N-dealkylation sites (N-methyl/N-ethyl adjacent to an activating group) is 1. The van der Waals surface area contributed by atoms with Gasteiger partial charge in [-0.2, -0.15) is 11.8 Å². The lowest BCUT2D eigenvalue weighted by Gasteiger charge is -2.33. The molecule has 0 bridgehead atoms. The first-order chi connectivity index (χ1) is 9.09. The molecule has 1 aromatic carbocycles. The Kier molecular flexibility index (Phi) is 4.88. The number of aryl methyl sites for hydroxylation is 1. The SMILES string of the molecule is Cc1cccc([C@@H](C(=O)N2CCSCC2)N(C)C)c1. The average molecular weight is 278 g/mol. The zero-order valence-electron chi connectivity index (χ0n) is 11.9. The first-order valence-corrected chi connectivity index (χ1v) is 7.84. The largest absolute Gasteiger partial charge is 0.339 e. The van der Waals surface area contributed by atoms with Gasteiger partial charge in [0.15, 0.2) is 0 Å². The summed E-state index contributed by atoms with van der Waals surface area (Å²) in [5.74, 6) is 2.34. The molecule has 0 N–H and O–H groups in total. The van der Waals surface area contributed by atoms with Crippen molar-refractivity contribution in [1.82, 2.24) is 9.80 Å². The van der Waals surface area contributed by atoms with Crippen LogP contribution in [0.3, 0.4) is 0 Å². The molecular weight excluding hydrogens is 256 g/mol. The van der Waals surface area contributed by atoms with Crippen molar-refractivity contribution < 1.29 is 4.79 Å². The monoisotopic (exact) mass is 278 g/mol. The lowest BCUT2D eigenvalue weighted by Crippen LogP contribution is -2.44. The van der Waals surface area contributed by atoms with E-state index in [1.807, 2.05) is 47.8 Å². The highest BCUT2D eigenvalue weighted by Crippen LogP contribution is 2.23. The summed E-state index contributed by atoms with van der Waals surface area (Å²) in [6.07, 6.45) is 0. The molecule has 1 aliphatic heterocycles. The Labute approximate surface area is 120 Å². The van der Waals surface area contributed by atoms with Crippen molar-refractivity contribution in [2.45, 2.75) is 13.0 Å². The van der Waals surface area contributed by atoms with Crippen LogP contribution in [0.15, 0.2) is 24.3 Å². The molecule has 1 saturated heterocycles. The van der Waals surface area contributed by atoms with E-state index in [-0.39, 0.29) is 11.9 Å². The van der Waals surface area contributed by atoms with Gasteiger partial charge in [-0.1, -0.05) is 29.8 Å². The summed E-state index contributed by atoms with van der Waals surface area (Å²) in [7, 11) is 3.95. The summed E-state index contributed by atoms with van der Waals surface area (Å²) in [6.45, 7) is 3.82. The van der Waals surface area contributed by atoms with E-state index < -0.39 is 0 Å². The molecule has 0 spiro atoms. The van der Waals surface area contributed by atoms with Gasteiger partial charge in [0.25, 0.3) is 0 Å². The van der Waals surface area contributed by atoms with Crippen molar-refractivity contribution in [1.29, 1.82) is 0 Å². The standard InChI is InChI=1S/C15H22N2OS/c1-12-5-4-6-13(11-12)14(16(2)3)15(18)17-7-9-19-10-8-17/h4-6,11,14H,7-10H2,1-3H3/t14-/m0/s1. The highest BCUT2D eigenvalue weighted by Gasteiger charge is 2.28. The third-order valence-corrected chi connectivity index (χ3v) is 4.37. The van der Waals surface area contributed by atoms with Crippen LogP contribution in [0.25, 0.3) is 0 Å². The van der Waals surface area contributed by atoms with Gasteiger partial charge in [-0.05, 0) is 26.6 Å². The maximum Gasteiger partial charge on any atom is 0.244 e. The molecular formula is C15H22N2OS. The Balaban J connectivity index is 2.22. The number of benzene rings is 1. The molecule has 1 fully saturated rings. The van der Waals surface area contributed by atoms with Gasteiger partial charge in [-0.3, -0.25) is 9.69 Å². The fourth-order valence-electron chi connectivity index (χ4n) is 2.46. The van der Waals surface area contributed by atoms with Crippen molar-refractivity contribution in [3.05, 3.63) is 35.4 Å². The number of hydrogen-bond acceptors (Lipinski definition) is 3. The summed E-state index contributed by atoms with van der Waals surface area (Å²) < 4.78 is 0. The van der Waals surface area contributed by atoms with Gasteiger partial charge >= 0.3 is 0 Å². The van der Waals surface area contributed by atoms with Crippen LogP contribution in [0, 0.1) is 6.92 Å². The second-order valence-corrected chi connectivity index (χ2v) is 6.44. The topological polar surface area (TPSA) is 23.6 Å². The van der Waals surface area contributed by atoms with Crippen molar-refractivity contribution >= 4 is 17.7 Å². The van der Waals surface area contributed by atoms with E-state index in [4.69, 9.17) is 0 Å². The molecule has 3 nitrogen and oxygen atoms in total. The third-order valence-electron chi connectivity index (χ3n) is 3.43. The average Bonchev–Trinajstić information content (AvgIpc) is 2.39. The molecule has 19 heavy (non-hydrogen) atoms. The maximum absolute atomic E-state index is 12.7. The van der Waals surface area contributed by atoms with Crippen molar-refractivity contribution in [3.8, 4) is 0 Å². The number of thioether (sulfide) groups is 1. The predicted octanol–water partition coefficient (Wildman–Crippen LogP) is 2.17. The molecule has 0 saturated carbocycles. The molecule has 104 valence electrons. The van der Waals surface area contributed by atoms with Gasteiger partial charge in [0.05, 0.1) is 0 Å². The lowest BCUT2D eigenvalue weighted by atomic mass is 10.0. The fourth-order valence-corrected chi connectivity index (χ4v) is 3.36. The zero-order valence-corrected chi connectivity index (χ0v) is 12.7. The second kappa shape index (κ2) is 6.44. The molecule has 1 heterocycles. The first-order valence-electron chi connectivity index (χ1n) is 6.69. The van der Waals surface area contributed by atoms with E-state index in [0.29, 0.717) is 0 Å². The van der Waals surface area contributed by atoms with Gasteiger partial charge in [0, 0.05) is 24.6 Å². The number of carbonyl (C=O) groups excluding carboxylic acids is 1. The maximum atomic E-state index is 12.7. The lowest BCUT2D eigenvalue weighted by molar-refractivity contribution is -0.136. The molecule has 4 heteroatoms. The molecule has 1 aromatic rings. The van der Waals surface area contributed by atoms with Crippen LogP contribution in [-0.4, -0.2) is 54.4 Å². The number of amides is 1. The molecule has 1 atom stereocenters. The van der Waals surface area contributed by atoms with Crippen LogP contribution >= 0.6 is 11.8 Å². The van der Waals surface area contributed by atoms with Crippen LogP contribution in [-0.2, 0) is 4.79 Å². The van der Waals surface area contributed by atoms with Gasteiger partial charge in [-0.25, -0.2) is 0 Å². The summed E-state index contributed by atoms with van der Waals surface area (Å²) in [4.78, 5) is 16.7. The second-order valence-electron chi connectivity index (χ2n) is 5.22. The molecule has 0 aliphatic carbocycles. The normalized spacial score (nSPS) is 17.6. The van der Waals surface area contributed by atoms with Gasteiger partial charge < -0.3 is 4.90 Å². The van der Waals surface area contributed by atoms with E-state index in [9.17, 15) is 4.79 Å². The first kappa shape index (κ1) is 14.4. The Morgan fingerprint density at radius 2 is 2.00 bits per heavy atom. The molecule has 2 rings (SSSR count). The minimum absolute atomic E-state index is 0.164. The minimum Gasteiger partial charge on any atom is -0.339 e. The van der Waals surface area contributed by atoms with E-state index >= 15 is 0 Å². The van der Waals surface area contributed by atoms with E-state index in [2.05, 4.69) is 19.1 Å². The quantitative estimate of drug-likeness (QED) is 0.846. The molecule has 0 unspecified atom stereocenters. The van der Waals surface area contributed by atoms with Gasteiger partial charge in [-0.15, -0.1) is 0 Å². The van der Waals surface area contributed by atoms with E-state index in [1.165, 1.54) is 5.56 Å². The van der Waals surface area contributed by atoms with Gasteiger partial charge in [0.2, 0.25) is 5.91 Å². The number of nitrogens with zero attached hydrogens (tertiary/aromatic N) is 2. The fraction of sp³-hybridized carbons (Fsp3) is 0.533. The summed E-state index contributed by atoms with van der Waals surface area (Å²) >= 11 is 1.93. The smallest absolute Gasteiger partial charge is 0.244 e. The highest BCUT2D eigenvalue weighted by molar-refractivity contribution is 7.99. The predicted molar refractivity (Wildman–Crippen MR) is 81.5 cm³/mol. The van der Waals surface area contributed by atoms with Crippen LogP contribution < -0.4 is 0 Å². The zero-order chi connectivity index (χ0) is 13.8. The van der Waals surface area contributed by atoms with Crippen molar-refractivity contribution in [2.75, 3.05) is 38.7 Å². The Bertz CT molecular complexity index is 442. The van der Waals surface area contributed by atoms with Crippen molar-refractivity contribution in [3.63, 3.8) is 0 Å². The molecule has 0 radical (unpaired) electrons. The highest BCUT2D eigenvalue weighted by atomic mass is 32.2. The van der Waals surface area contributed by atoms with Crippen molar-refractivity contribution in [2.24, 2.45) is 0 Å². The van der Waals surface area contributed by atoms with Crippen LogP contribution in [0.2, 0.25) is 0 Å². The van der Waals surface area contributed by atoms with Crippen LogP contribution in [0.4, 0.5) is 0 Å². The van der Waals surface area contributed by atoms with Crippen LogP contribution in [0.5, 0.6) is 0 Å². The molecule has 1 aliphatic rings. The van der Waals surface area contributed by atoms with Crippen LogP contribution in [0.1, 0.15) is 17.2 Å². The van der Waals surface area contributed by atoms with E-state index in [1.54, 1.807) is 0 Å². The summed E-state index contributed by atoms with van der Waals surface area (Å²) in [5, 5.41) is 0. The summed E-state index contributed by atoms with van der Waals surface area (Å²) in [5.41, 5.74) is 2.29. The molecule has 1 amide bonds. The Morgan fingerprint density at radius 1 is 1.32 bits per heavy atom. The third kappa shape index (κ3) is 3.51. The number of rotatable bonds is 3. The van der Waals surface area contributed by atoms with E-state index in [0.717, 1.165) is 30.2 Å². The van der Waals surface area contributed by atoms with Gasteiger partial charge in [0.1, 0.15) is 6.04 Å². The number of carbonyl (C=O) groups is 1. The Hall–Kier alpha value is -1.00. The Morgan fingerprint density at radius 3 is 2.58 bits per heavy atom. The summed E-state index contributed by atoms with van der Waals surface area (Å²) in [6, 6.07) is 8.09. The molecule has 0 aromatic heterocycles.